The number of halogens is 3. The highest BCUT2D eigenvalue weighted by molar-refractivity contribution is 9.10. The van der Waals surface area contributed by atoms with Crippen LogP contribution in [-0.4, -0.2) is 5.78 Å². The Morgan fingerprint density at radius 3 is 2.47 bits per heavy atom. The van der Waals surface area contributed by atoms with Crippen LogP contribution in [0.2, 0.25) is 0 Å². The minimum absolute atomic E-state index is 0.0671. The smallest absolute Gasteiger partial charge is 0.196 e. The molecule has 2 aromatic rings. The van der Waals surface area contributed by atoms with Gasteiger partial charge in [-0.3, -0.25) is 4.79 Å². The highest BCUT2D eigenvalue weighted by atomic mass is 79.9. The summed E-state index contributed by atoms with van der Waals surface area (Å²) in [7, 11) is 0. The van der Waals surface area contributed by atoms with Gasteiger partial charge in [-0.15, -0.1) is 0 Å². The molecule has 0 saturated carbocycles. The fraction of sp³-hybridized carbons (Fsp3) is 0. The molecule has 0 aliphatic heterocycles. The summed E-state index contributed by atoms with van der Waals surface area (Å²) in [4.78, 5) is 12.1. The van der Waals surface area contributed by atoms with Crippen LogP contribution in [-0.2, 0) is 0 Å². The first-order valence-corrected chi connectivity index (χ1v) is 6.42. The lowest BCUT2D eigenvalue weighted by Crippen LogP contribution is -2.04. The van der Waals surface area contributed by atoms with E-state index in [-0.39, 0.29) is 11.3 Å². The standard InChI is InChI=1S/C13H7Br2FO/c14-9-4-1-3-8(7-9)13(17)10-5-2-6-11(15)12(10)16/h1-7H. The third kappa shape index (κ3) is 2.64. The molecule has 0 unspecified atom stereocenters. The van der Waals surface area contributed by atoms with Gasteiger partial charge in [0, 0.05) is 10.0 Å². The van der Waals surface area contributed by atoms with E-state index >= 15 is 0 Å². The molecule has 0 aliphatic rings. The number of rotatable bonds is 2. The molecule has 86 valence electrons. The highest BCUT2D eigenvalue weighted by Gasteiger charge is 2.15. The molecular formula is C13H7Br2FO. The second-order valence-electron chi connectivity index (χ2n) is 3.44. The van der Waals surface area contributed by atoms with Gasteiger partial charge in [-0.2, -0.15) is 0 Å². The number of carbonyl (C=O) groups is 1. The second kappa shape index (κ2) is 5.10. The first-order valence-electron chi connectivity index (χ1n) is 4.84. The van der Waals surface area contributed by atoms with Crippen LogP contribution in [0.25, 0.3) is 0 Å². The molecule has 0 radical (unpaired) electrons. The molecule has 2 aromatic carbocycles. The Bertz CT molecular complexity index is 581. The SMILES string of the molecule is O=C(c1cccc(Br)c1)c1cccc(Br)c1F. The molecule has 0 bridgehead atoms. The summed E-state index contributed by atoms with van der Waals surface area (Å²) in [6, 6.07) is 11.6. The quantitative estimate of drug-likeness (QED) is 0.719. The predicted octanol–water partition coefficient (Wildman–Crippen LogP) is 4.58. The van der Waals surface area contributed by atoms with Gasteiger partial charge in [-0.1, -0.05) is 34.1 Å². The lowest BCUT2D eigenvalue weighted by atomic mass is 10.0. The molecule has 4 heteroatoms. The van der Waals surface area contributed by atoms with E-state index in [0.29, 0.717) is 10.0 Å². The summed E-state index contributed by atoms with van der Waals surface area (Å²) in [5.41, 5.74) is 0.522. The van der Waals surface area contributed by atoms with E-state index in [1.807, 2.05) is 6.07 Å². The van der Waals surface area contributed by atoms with Crippen molar-refractivity contribution in [1.29, 1.82) is 0 Å². The molecule has 1 nitrogen and oxygen atoms in total. The van der Waals surface area contributed by atoms with E-state index in [0.717, 1.165) is 4.47 Å². The van der Waals surface area contributed by atoms with Gasteiger partial charge in [0.15, 0.2) is 5.78 Å². The maximum absolute atomic E-state index is 13.8. The van der Waals surface area contributed by atoms with Crippen molar-refractivity contribution in [1.82, 2.24) is 0 Å². The van der Waals surface area contributed by atoms with E-state index in [1.54, 1.807) is 30.3 Å². The average molecular weight is 358 g/mol. The molecule has 0 heterocycles. The predicted molar refractivity (Wildman–Crippen MR) is 71.7 cm³/mol. The largest absolute Gasteiger partial charge is 0.288 e. The molecule has 0 N–H and O–H groups in total. The van der Waals surface area contributed by atoms with Crippen molar-refractivity contribution in [3.8, 4) is 0 Å². The molecule has 0 fully saturated rings. The zero-order chi connectivity index (χ0) is 12.4. The van der Waals surface area contributed by atoms with Crippen LogP contribution >= 0.6 is 31.9 Å². The fourth-order valence-electron chi connectivity index (χ4n) is 1.46. The Morgan fingerprint density at radius 2 is 1.76 bits per heavy atom. The summed E-state index contributed by atoms with van der Waals surface area (Å²) >= 11 is 6.35. The Morgan fingerprint density at radius 1 is 1.06 bits per heavy atom. The molecule has 0 saturated heterocycles. The summed E-state index contributed by atoms with van der Waals surface area (Å²) in [6.45, 7) is 0. The minimum Gasteiger partial charge on any atom is -0.288 e. The molecule has 0 amide bonds. The third-order valence-electron chi connectivity index (χ3n) is 2.28. The van der Waals surface area contributed by atoms with Crippen LogP contribution in [0.4, 0.5) is 4.39 Å². The van der Waals surface area contributed by atoms with Gasteiger partial charge in [-0.25, -0.2) is 4.39 Å². The Balaban J connectivity index is 2.48. The first kappa shape index (κ1) is 12.5. The van der Waals surface area contributed by atoms with Crippen LogP contribution < -0.4 is 0 Å². The lowest BCUT2D eigenvalue weighted by molar-refractivity contribution is 0.103. The van der Waals surface area contributed by atoms with Gasteiger partial charge in [0.1, 0.15) is 5.82 Å². The van der Waals surface area contributed by atoms with Crippen molar-refractivity contribution in [2.24, 2.45) is 0 Å². The summed E-state index contributed by atoms with van der Waals surface area (Å²) in [6.07, 6.45) is 0. The van der Waals surface area contributed by atoms with E-state index in [4.69, 9.17) is 0 Å². The van der Waals surface area contributed by atoms with E-state index in [2.05, 4.69) is 31.9 Å². The van der Waals surface area contributed by atoms with Crippen LogP contribution in [0.3, 0.4) is 0 Å². The summed E-state index contributed by atoms with van der Waals surface area (Å²) in [5, 5.41) is 0. The summed E-state index contributed by atoms with van der Waals surface area (Å²) < 4.78 is 14.8. The van der Waals surface area contributed by atoms with E-state index in [9.17, 15) is 9.18 Å². The molecule has 0 atom stereocenters. The second-order valence-corrected chi connectivity index (χ2v) is 5.21. The molecule has 0 spiro atoms. The van der Waals surface area contributed by atoms with Crippen molar-refractivity contribution in [2.45, 2.75) is 0 Å². The molecule has 17 heavy (non-hydrogen) atoms. The van der Waals surface area contributed by atoms with E-state index < -0.39 is 5.82 Å². The number of hydrogen-bond acceptors (Lipinski definition) is 1. The van der Waals surface area contributed by atoms with Crippen LogP contribution in [0.15, 0.2) is 51.4 Å². The Hall–Kier alpha value is -1.000. The number of hydrogen-bond donors (Lipinski definition) is 0. The zero-order valence-corrected chi connectivity index (χ0v) is 11.8. The number of benzene rings is 2. The van der Waals surface area contributed by atoms with Gasteiger partial charge in [0.05, 0.1) is 10.0 Å². The van der Waals surface area contributed by atoms with E-state index in [1.165, 1.54) is 6.07 Å². The van der Waals surface area contributed by atoms with Gasteiger partial charge in [0.25, 0.3) is 0 Å². The van der Waals surface area contributed by atoms with Crippen molar-refractivity contribution in [3.05, 3.63) is 68.4 Å². The monoisotopic (exact) mass is 356 g/mol. The lowest BCUT2D eigenvalue weighted by Gasteiger charge is -2.04. The Labute approximate surface area is 115 Å². The van der Waals surface area contributed by atoms with Crippen molar-refractivity contribution >= 4 is 37.6 Å². The average Bonchev–Trinajstić information content (AvgIpc) is 2.32. The molecular weight excluding hydrogens is 351 g/mol. The maximum Gasteiger partial charge on any atom is 0.196 e. The fourth-order valence-corrected chi connectivity index (χ4v) is 2.23. The summed E-state index contributed by atoms with van der Waals surface area (Å²) in [5.74, 6) is -0.859. The van der Waals surface area contributed by atoms with Crippen LogP contribution in [0.1, 0.15) is 15.9 Å². The zero-order valence-electron chi connectivity index (χ0n) is 8.58. The first-order chi connectivity index (χ1) is 8.09. The van der Waals surface area contributed by atoms with Gasteiger partial charge >= 0.3 is 0 Å². The van der Waals surface area contributed by atoms with Gasteiger partial charge in [0.2, 0.25) is 0 Å². The minimum atomic E-state index is -0.530. The van der Waals surface area contributed by atoms with Crippen LogP contribution in [0.5, 0.6) is 0 Å². The van der Waals surface area contributed by atoms with Gasteiger partial charge in [-0.05, 0) is 40.2 Å². The highest BCUT2D eigenvalue weighted by Crippen LogP contribution is 2.22. The molecule has 2 rings (SSSR count). The van der Waals surface area contributed by atoms with Crippen molar-refractivity contribution in [2.75, 3.05) is 0 Å². The maximum atomic E-state index is 13.8. The number of carbonyl (C=O) groups excluding carboxylic acids is 1. The normalized spacial score (nSPS) is 10.3. The van der Waals surface area contributed by atoms with Crippen LogP contribution in [0, 0.1) is 5.82 Å². The van der Waals surface area contributed by atoms with Crippen molar-refractivity contribution < 1.29 is 9.18 Å². The molecule has 0 aromatic heterocycles. The Kier molecular flexibility index (Phi) is 3.74. The van der Waals surface area contributed by atoms with Gasteiger partial charge < -0.3 is 0 Å². The number of ketones is 1. The third-order valence-corrected chi connectivity index (χ3v) is 3.39. The topological polar surface area (TPSA) is 17.1 Å². The molecule has 0 aliphatic carbocycles. The van der Waals surface area contributed by atoms with Crippen molar-refractivity contribution in [3.63, 3.8) is 0 Å².